The van der Waals surface area contributed by atoms with E-state index in [9.17, 15) is 14.4 Å². The van der Waals surface area contributed by atoms with Gasteiger partial charge in [-0.25, -0.2) is 23.7 Å². The van der Waals surface area contributed by atoms with E-state index in [1.165, 1.54) is 34.1 Å². The van der Waals surface area contributed by atoms with Gasteiger partial charge in [0.05, 0.1) is 17.2 Å². The molecule has 0 aliphatic carbocycles. The van der Waals surface area contributed by atoms with Crippen LogP contribution in [0.15, 0.2) is 41.3 Å². The zero-order chi connectivity index (χ0) is 24.7. The number of aromatic nitrogens is 5. The number of pyridine rings is 1. The Morgan fingerprint density at radius 3 is 2.83 bits per heavy atom. The molecule has 4 aromatic rings. The van der Waals surface area contributed by atoms with E-state index in [1.807, 2.05) is 13.0 Å². The summed E-state index contributed by atoms with van der Waals surface area (Å²) < 4.78 is 17.6. The smallest absolute Gasteiger partial charge is 0.278 e. The second-order valence-corrected chi connectivity index (χ2v) is 9.04. The number of nitriles is 1. The van der Waals surface area contributed by atoms with Crippen molar-refractivity contribution in [3.8, 4) is 11.9 Å². The molecule has 0 atom stereocenters. The zero-order valence-electron chi connectivity index (χ0n) is 19.8. The molecule has 0 bridgehead atoms. The molecule has 10 heteroatoms. The van der Waals surface area contributed by atoms with Gasteiger partial charge in [0.25, 0.3) is 5.56 Å². The summed E-state index contributed by atoms with van der Waals surface area (Å²) in [6.45, 7) is 7.15. The number of nitrogens with one attached hydrogen (secondary N) is 2. The minimum Gasteiger partial charge on any atom is -0.324 e. The molecule has 1 aliphatic heterocycles. The first-order chi connectivity index (χ1) is 16.8. The van der Waals surface area contributed by atoms with Crippen molar-refractivity contribution in [1.29, 1.82) is 5.26 Å². The van der Waals surface area contributed by atoms with Crippen LogP contribution in [0.2, 0.25) is 0 Å². The highest BCUT2D eigenvalue weighted by Crippen LogP contribution is 2.26. The van der Waals surface area contributed by atoms with Crippen LogP contribution < -0.4 is 16.2 Å². The van der Waals surface area contributed by atoms with E-state index in [-0.39, 0.29) is 11.3 Å². The van der Waals surface area contributed by atoms with Crippen LogP contribution in [-0.4, -0.2) is 30.9 Å². The third-order valence-corrected chi connectivity index (χ3v) is 6.24. The van der Waals surface area contributed by atoms with Crippen LogP contribution in [0.5, 0.6) is 0 Å². The van der Waals surface area contributed by atoms with Crippen molar-refractivity contribution in [2.45, 2.75) is 45.7 Å². The second-order valence-electron chi connectivity index (χ2n) is 9.04. The van der Waals surface area contributed by atoms with E-state index >= 15 is 0 Å². The summed E-state index contributed by atoms with van der Waals surface area (Å²) in [5.41, 5.74) is 2.32. The Kier molecular flexibility index (Phi) is 5.57. The standard InChI is InChI=1S/C25H25FN8O/c1-4-33-23(35)18-13-29-24(30-17-6-5-16-12-28-10-9-15(16)11-17)32-22(18)34(33)20-8-7-19(26)21(31-20)25(2,3)14-27/h5-8,11,13,28H,4,9-10,12H2,1-3H3,(H,29,30,32). The van der Waals surface area contributed by atoms with Crippen LogP contribution >= 0.6 is 0 Å². The highest BCUT2D eigenvalue weighted by Gasteiger charge is 2.27. The molecular weight excluding hydrogens is 447 g/mol. The first-order valence-corrected chi connectivity index (χ1v) is 11.5. The second kappa shape index (κ2) is 8.60. The van der Waals surface area contributed by atoms with Crippen LogP contribution in [0.3, 0.4) is 0 Å². The number of hydrogen-bond acceptors (Lipinski definition) is 7. The van der Waals surface area contributed by atoms with Gasteiger partial charge in [0.15, 0.2) is 11.5 Å². The van der Waals surface area contributed by atoms with Gasteiger partial charge in [-0.05, 0) is 69.1 Å². The van der Waals surface area contributed by atoms with Gasteiger partial charge in [-0.15, -0.1) is 0 Å². The van der Waals surface area contributed by atoms with Gasteiger partial charge in [-0.3, -0.25) is 4.79 Å². The number of rotatable bonds is 5. The molecule has 178 valence electrons. The van der Waals surface area contributed by atoms with Gasteiger partial charge in [0, 0.05) is 25.0 Å². The molecule has 1 aromatic carbocycles. The highest BCUT2D eigenvalue weighted by atomic mass is 19.1. The van der Waals surface area contributed by atoms with Gasteiger partial charge in [-0.2, -0.15) is 10.2 Å². The van der Waals surface area contributed by atoms with E-state index in [0.29, 0.717) is 29.3 Å². The largest absolute Gasteiger partial charge is 0.324 e. The Labute approximate surface area is 201 Å². The molecule has 0 unspecified atom stereocenters. The van der Waals surface area contributed by atoms with Crippen LogP contribution in [0.25, 0.3) is 16.9 Å². The zero-order valence-corrected chi connectivity index (χ0v) is 19.8. The summed E-state index contributed by atoms with van der Waals surface area (Å²) in [7, 11) is 0. The Bertz CT molecular complexity index is 1550. The summed E-state index contributed by atoms with van der Waals surface area (Å²) in [6, 6.07) is 11.0. The quantitative estimate of drug-likeness (QED) is 0.458. The van der Waals surface area contributed by atoms with Gasteiger partial charge in [0.1, 0.15) is 11.2 Å². The van der Waals surface area contributed by atoms with Crippen molar-refractivity contribution >= 4 is 22.7 Å². The summed E-state index contributed by atoms with van der Waals surface area (Å²) in [5, 5.41) is 16.4. The van der Waals surface area contributed by atoms with Crippen LogP contribution in [0.1, 0.15) is 37.6 Å². The van der Waals surface area contributed by atoms with Crippen LogP contribution in [0.4, 0.5) is 16.0 Å². The molecule has 0 saturated carbocycles. The first kappa shape index (κ1) is 22.7. The van der Waals surface area contributed by atoms with Crippen molar-refractivity contribution in [2.75, 3.05) is 11.9 Å². The van der Waals surface area contributed by atoms with Crippen molar-refractivity contribution in [1.82, 2.24) is 29.6 Å². The summed E-state index contributed by atoms with van der Waals surface area (Å²) >= 11 is 0. The molecule has 0 amide bonds. The lowest BCUT2D eigenvalue weighted by molar-refractivity contribution is 0.530. The SMILES string of the molecule is CCn1c(=O)c2cnc(Nc3ccc4c(c3)CCNC4)nc2n1-c1ccc(F)c(C(C)(C)C#N)n1. The average molecular weight is 473 g/mol. The molecule has 0 saturated heterocycles. The van der Waals surface area contributed by atoms with Gasteiger partial charge in [0.2, 0.25) is 5.95 Å². The Morgan fingerprint density at radius 2 is 2.06 bits per heavy atom. The molecule has 0 fully saturated rings. The van der Waals surface area contributed by atoms with Gasteiger partial charge >= 0.3 is 0 Å². The molecule has 0 spiro atoms. The van der Waals surface area contributed by atoms with Gasteiger partial charge < -0.3 is 10.6 Å². The maximum atomic E-state index is 14.6. The summed E-state index contributed by atoms with van der Waals surface area (Å²) in [4.78, 5) is 26.5. The third kappa shape index (κ3) is 3.94. The van der Waals surface area contributed by atoms with E-state index in [4.69, 9.17) is 0 Å². The molecule has 5 rings (SSSR count). The fraction of sp³-hybridized carbons (Fsp3) is 0.320. The predicted octanol–water partition coefficient (Wildman–Crippen LogP) is 3.33. The van der Waals surface area contributed by atoms with E-state index in [1.54, 1.807) is 18.5 Å². The van der Waals surface area contributed by atoms with Crippen LogP contribution in [-0.2, 0) is 24.9 Å². The normalized spacial score (nSPS) is 13.5. The minimum absolute atomic E-state index is 0.00501. The molecule has 9 nitrogen and oxygen atoms in total. The number of anilines is 2. The number of benzene rings is 1. The Hall–Kier alpha value is -4.10. The van der Waals surface area contributed by atoms with E-state index in [0.717, 1.165) is 25.2 Å². The molecule has 3 aromatic heterocycles. The topological polar surface area (TPSA) is 113 Å². The molecule has 0 radical (unpaired) electrons. The summed E-state index contributed by atoms with van der Waals surface area (Å²) in [6.07, 6.45) is 2.43. The fourth-order valence-corrected chi connectivity index (χ4v) is 4.33. The van der Waals surface area contributed by atoms with Crippen molar-refractivity contribution in [3.05, 3.63) is 69.5 Å². The van der Waals surface area contributed by atoms with Crippen molar-refractivity contribution < 1.29 is 4.39 Å². The molecule has 35 heavy (non-hydrogen) atoms. The lowest BCUT2D eigenvalue weighted by Gasteiger charge is -2.18. The summed E-state index contributed by atoms with van der Waals surface area (Å²) in [5.74, 6) is 0.0411. The predicted molar refractivity (Wildman–Crippen MR) is 130 cm³/mol. The number of halogens is 1. The number of fused-ring (bicyclic) bond motifs is 2. The molecular formula is C25H25FN8O. The fourth-order valence-electron chi connectivity index (χ4n) is 4.33. The van der Waals surface area contributed by atoms with Gasteiger partial charge in [-0.1, -0.05) is 6.07 Å². The average Bonchev–Trinajstić information content (AvgIpc) is 3.15. The molecule has 2 N–H and O–H groups in total. The third-order valence-electron chi connectivity index (χ3n) is 6.24. The van der Waals surface area contributed by atoms with Crippen molar-refractivity contribution in [3.63, 3.8) is 0 Å². The number of nitrogens with zero attached hydrogens (tertiary/aromatic N) is 6. The van der Waals surface area contributed by atoms with E-state index in [2.05, 4.69) is 43.8 Å². The monoisotopic (exact) mass is 472 g/mol. The van der Waals surface area contributed by atoms with Crippen molar-refractivity contribution in [2.24, 2.45) is 0 Å². The Balaban J connectivity index is 1.62. The van der Waals surface area contributed by atoms with E-state index < -0.39 is 11.2 Å². The Morgan fingerprint density at radius 1 is 1.23 bits per heavy atom. The first-order valence-electron chi connectivity index (χ1n) is 11.5. The van der Waals surface area contributed by atoms with Crippen LogP contribution in [0, 0.1) is 17.1 Å². The lowest BCUT2D eigenvalue weighted by atomic mass is 9.90. The maximum absolute atomic E-state index is 14.6. The minimum atomic E-state index is -1.15. The highest BCUT2D eigenvalue weighted by molar-refractivity contribution is 5.77. The molecule has 4 heterocycles. The lowest BCUT2D eigenvalue weighted by Crippen LogP contribution is -2.24. The number of hydrogen-bond donors (Lipinski definition) is 2. The maximum Gasteiger partial charge on any atom is 0.278 e. The molecule has 1 aliphatic rings.